The second-order valence-corrected chi connectivity index (χ2v) is 17.3. The molecule has 3 saturated carbocycles. The summed E-state index contributed by atoms with van der Waals surface area (Å²) in [6.07, 6.45) is 34.0. The van der Waals surface area contributed by atoms with Crippen molar-refractivity contribution in [3.63, 3.8) is 0 Å². The van der Waals surface area contributed by atoms with Crippen LogP contribution in [0.1, 0.15) is 196 Å². The molecule has 254 valence electrons. The Hall–Kier alpha value is -0.790. The van der Waals surface area contributed by atoms with Crippen LogP contribution in [0.4, 0.5) is 0 Å². The van der Waals surface area contributed by atoms with Crippen molar-refractivity contribution in [3.8, 4) is 0 Å². The summed E-state index contributed by atoms with van der Waals surface area (Å²) >= 11 is 0. The van der Waals surface area contributed by atoms with E-state index in [2.05, 4.69) is 47.6 Å². The number of hydrogen-bond acceptors (Lipinski definition) is 2. The zero-order chi connectivity index (χ0) is 31.6. The van der Waals surface area contributed by atoms with Crippen LogP contribution in [0.2, 0.25) is 0 Å². The number of hydrogen-bond donors (Lipinski definition) is 0. The third-order valence-corrected chi connectivity index (χ3v) is 13.8. The Balaban J connectivity index is 1.17. The summed E-state index contributed by atoms with van der Waals surface area (Å²) in [5, 5.41) is 0. The Morgan fingerprint density at radius 1 is 0.795 bits per heavy atom. The van der Waals surface area contributed by atoms with Gasteiger partial charge >= 0.3 is 5.97 Å². The van der Waals surface area contributed by atoms with E-state index in [1.165, 1.54) is 128 Å². The summed E-state index contributed by atoms with van der Waals surface area (Å²) in [6, 6.07) is 0. The predicted molar refractivity (Wildman–Crippen MR) is 189 cm³/mol. The van der Waals surface area contributed by atoms with Gasteiger partial charge in [-0.15, -0.1) is 0 Å². The minimum atomic E-state index is 0.0629. The number of carbonyl (C=O) groups is 1. The maximum absolute atomic E-state index is 12.8. The zero-order valence-electron chi connectivity index (χ0n) is 30.4. The lowest BCUT2D eigenvalue weighted by Gasteiger charge is -2.58. The van der Waals surface area contributed by atoms with E-state index >= 15 is 0 Å². The Labute approximate surface area is 274 Å². The zero-order valence-corrected chi connectivity index (χ0v) is 30.4. The molecule has 0 saturated heterocycles. The third-order valence-electron chi connectivity index (χ3n) is 13.8. The molecule has 2 heteroatoms. The van der Waals surface area contributed by atoms with E-state index in [9.17, 15) is 4.79 Å². The normalized spacial score (nSPS) is 33.8. The number of allylic oxidation sites excluding steroid dienone is 1. The molecular formula is C42H74O2. The molecule has 0 bridgehead atoms. The molecule has 0 heterocycles. The number of carbonyl (C=O) groups excluding carboxylic acids is 1. The number of unbranched alkanes of at least 4 members (excludes halogenated alkanes) is 11. The highest BCUT2D eigenvalue weighted by Crippen LogP contribution is 2.67. The van der Waals surface area contributed by atoms with E-state index in [0.717, 1.165) is 54.8 Å². The molecule has 0 aromatic rings. The average molecular weight is 611 g/mol. The molecule has 2 nitrogen and oxygen atoms in total. The molecule has 0 aromatic carbocycles. The largest absolute Gasteiger partial charge is 0.462 e. The van der Waals surface area contributed by atoms with Crippen molar-refractivity contribution in [2.24, 2.45) is 46.3 Å². The molecule has 0 spiro atoms. The molecule has 0 unspecified atom stereocenters. The molecule has 0 N–H and O–H groups in total. The summed E-state index contributed by atoms with van der Waals surface area (Å²) in [7, 11) is 0. The lowest BCUT2D eigenvalue weighted by atomic mass is 9.47. The first-order chi connectivity index (χ1) is 21.2. The summed E-state index contributed by atoms with van der Waals surface area (Å²) in [5.41, 5.74) is 2.54. The van der Waals surface area contributed by atoms with Crippen LogP contribution in [-0.4, -0.2) is 12.1 Å². The van der Waals surface area contributed by atoms with Crippen LogP contribution in [0.3, 0.4) is 0 Å². The fourth-order valence-corrected chi connectivity index (χ4v) is 11.1. The smallest absolute Gasteiger partial charge is 0.306 e. The second kappa shape index (κ2) is 17.4. The molecule has 0 amide bonds. The number of rotatable bonds is 19. The van der Waals surface area contributed by atoms with Gasteiger partial charge < -0.3 is 4.74 Å². The molecular weight excluding hydrogens is 536 g/mol. The highest BCUT2D eigenvalue weighted by Gasteiger charge is 2.59. The summed E-state index contributed by atoms with van der Waals surface area (Å²) < 4.78 is 6.11. The molecule has 0 aromatic heterocycles. The third kappa shape index (κ3) is 9.18. The average Bonchev–Trinajstić information content (AvgIpc) is 3.35. The van der Waals surface area contributed by atoms with Gasteiger partial charge in [0.2, 0.25) is 0 Å². The molecule has 4 aliphatic carbocycles. The van der Waals surface area contributed by atoms with Gasteiger partial charge in [-0.05, 0) is 97.7 Å². The van der Waals surface area contributed by atoms with Gasteiger partial charge in [-0.3, -0.25) is 4.79 Å². The number of fused-ring (bicyclic) bond motifs is 5. The van der Waals surface area contributed by atoms with Gasteiger partial charge in [-0.1, -0.05) is 143 Å². The standard InChI is InChI=1S/C42H74O2/c1-7-8-9-10-11-12-13-14-15-16-17-18-22-40(43)44-35-27-29-41(5)34(31-35)23-24-36-38-26-25-37(33(4)21-19-20-32(2)3)42(38,6)30-28-39(36)41/h23,32-33,35-39H,7-22,24-31H2,1-6H3/t33-,35+,36+,37-,38+,39+,41+,42-/m1/s1. The van der Waals surface area contributed by atoms with Crippen LogP contribution < -0.4 is 0 Å². The van der Waals surface area contributed by atoms with Crippen molar-refractivity contribution in [1.29, 1.82) is 0 Å². The van der Waals surface area contributed by atoms with Gasteiger partial charge in [0.05, 0.1) is 0 Å². The summed E-state index contributed by atoms with van der Waals surface area (Å²) in [4.78, 5) is 12.8. The highest BCUT2D eigenvalue weighted by atomic mass is 16.5. The monoisotopic (exact) mass is 611 g/mol. The molecule has 3 fully saturated rings. The Morgan fingerprint density at radius 2 is 1.45 bits per heavy atom. The summed E-state index contributed by atoms with van der Waals surface area (Å²) in [5.74, 6) is 5.34. The van der Waals surface area contributed by atoms with Crippen LogP contribution in [0.5, 0.6) is 0 Å². The maximum Gasteiger partial charge on any atom is 0.306 e. The van der Waals surface area contributed by atoms with Crippen molar-refractivity contribution < 1.29 is 9.53 Å². The van der Waals surface area contributed by atoms with Crippen molar-refractivity contribution in [3.05, 3.63) is 11.6 Å². The lowest BCUT2D eigenvalue weighted by molar-refractivity contribution is -0.151. The van der Waals surface area contributed by atoms with E-state index in [-0.39, 0.29) is 12.1 Å². The molecule has 4 rings (SSSR count). The number of esters is 1. The van der Waals surface area contributed by atoms with Crippen LogP contribution in [0.25, 0.3) is 0 Å². The SMILES string of the molecule is CCCCCCCCCCCCCCC(=O)O[C@H]1CC[C@@]2(C)C(=CC[C@H]3[C@@H]4CC[C@H]([C@H](C)CCCC(C)C)[C@@]4(C)CC[C@@H]32)C1. The van der Waals surface area contributed by atoms with Gasteiger partial charge in [-0.25, -0.2) is 0 Å². The van der Waals surface area contributed by atoms with E-state index in [4.69, 9.17) is 4.74 Å². The maximum atomic E-state index is 12.8. The molecule has 44 heavy (non-hydrogen) atoms. The second-order valence-electron chi connectivity index (χ2n) is 17.3. The van der Waals surface area contributed by atoms with Crippen LogP contribution >= 0.6 is 0 Å². The Kier molecular flexibility index (Phi) is 14.2. The molecule has 4 aliphatic rings. The van der Waals surface area contributed by atoms with E-state index < -0.39 is 0 Å². The van der Waals surface area contributed by atoms with E-state index in [1.807, 2.05) is 0 Å². The van der Waals surface area contributed by atoms with Gasteiger partial charge in [0.25, 0.3) is 0 Å². The fourth-order valence-electron chi connectivity index (χ4n) is 11.1. The van der Waals surface area contributed by atoms with Crippen LogP contribution in [0, 0.1) is 46.3 Å². The van der Waals surface area contributed by atoms with Gasteiger partial charge in [0.1, 0.15) is 6.10 Å². The summed E-state index contributed by atoms with van der Waals surface area (Å²) in [6.45, 7) is 14.9. The highest BCUT2D eigenvalue weighted by molar-refractivity contribution is 5.69. The predicted octanol–water partition coefficient (Wildman–Crippen LogP) is 13.0. The fraction of sp³-hybridized carbons (Fsp3) is 0.929. The van der Waals surface area contributed by atoms with Gasteiger partial charge in [0, 0.05) is 12.8 Å². The molecule has 0 radical (unpaired) electrons. The van der Waals surface area contributed by atoms with Crippen LogP contribution in [-0.2, 0) is 9.53 Å². The molecule has 0 aliphatic heterocycles. The minimum Gasteiger partial charge on any atom is -0.462 e. The lowest BCUT2D eigenvalue weighted by Crippen LogP contribution is -2.51. The van der Waals surface area contributed by atoms with Crippen molar-refractivity contribution in [2.75, 3.05) is 0 Å². The topological polar surface area (TPSA) is 26.3 Å². The molecule has 8 atom stereocenters. The van der Waals surface area contributed by atoms with Gasteiger partial charge in [-0.2, -0.15) is 0 Å². The first-order valence-corrected chi connectivity index (χ1v) is 20.1. The van der Waals surface area contributed by atoms with Crippen molar-refractivity contribution in [1.82, 2.24) is 0 Å². The van der Waals surface area contributed by atoms with Gasteiger partial charge in [0.15, 0.2) is 0 Å². The van der Waals surface area contributed by atoms with Crippen molar-refractivity contribution in [2.45, 2.75) is 202 Å². The van der Waals surface area contributed by atoms with Crippen LogP contribution in [0.15, 0.2) is 11.6 Å². The quantitative estimate of drug-likeness (QED) is 0.0826. The van der Waals surface area contributed by atoms with Crippen molar-refractivity contribution >= 4 is 5.97 Å². The first-order valence-electron chi connectivity index (χ1n) is 20.1. The van der Waals surface area contributed by atoms with E-state index in [0.29, 0.717) is 17.3 Å². The minimum absolute atomic E-state index is 0.0629. The van der Waals surface area contributed by atoms with E-state index in [1.54, 1.807) is 5.57 Å². The Bertz CT molecular complexity index is 888. The number of ether oxygens (including phenoxy) is 1. The first kappa shape index (κ1) is 36.1. The Morgan fingerprint density at radius 3 is 2.11 bits per heavy atom.